The molecular formula is C19H27NO. The Hall–Kier alpha value is -0.790. The van der Waals surface area contributed by atoms with E-state index < -0.39 is 0 Å². The van der Waals surface area contributed by atoms with Gasteiger partial charge in [0.2, 0.25) is 5.91 Å². The zero-order valence-electron chi connectivity index (χ0n) is 13.3. The van der Waals surface area contributed by atoms with Gasteiger partial charge in [0.15, 0.2) is 0 Å². The van der Waals surface area contributed by atoms with Gasteiger partial charge in [-0.2, -0.15) is 0 Å². The number of amides is 1. The SMILES string of the molecule is CN1C(=O)C=C[C@]2(C)C3CC[C@]45CC4CCC5[C@@H]3CCC12. The first-order valence-electron chi connectivity index (χ1n) is 9.02. The zero-order chi connectivity index (χ0) is 14.4. The Balaban J connectivity index is 1.52. The van der Waals surface area contributed by atoms with Gasteiger partial charge in [0.1, 0.15) is 0 Å². The van der Waals surface area contributed by atoms with Crippen LogP contribution in [0, 0.1) is 34.5 Å². The van der Waals surface area contributed by atoms with Crippen LogP contribution in [0.5, 0.6) is 0 Å². The summed E-state index contributed by atoms with van der Waals surface area (Å²) < 4.78 is 0. The van der Waals surface area contributed by atoms with Crippen LogP contribution < -0.4 is 0 Å². The van der Waals surface area contributed by atoms with Crippen LogP contribution in [0.15, 0.2) is 12.2 Å². The summed E-state index contributed by atoms with van der Waals surface area (Å²) in [6.45, 7) is 2.45. The molecule has 4 unspecified atom stereocenters. The monoisotopic (exact) mass is 285 g/mol. The molecular weight excluding hydrogens is 258 g/mol. The quantitative estimate of drug-likeness (QED) is 0.665. The van der Waals surface area contributed by atoms with Gasteiger partial charge in [-0.25, -0.2) is 0 Å². The van der Waals surface area contributed by atoms with Crippen molar-refractivity contribution in [1.29, 1.82) is 0 Å². The molecule has 21 heavy (non-hydrogen) atoms. The fourth-order valence-corrected chi connectivity index (χ4v) is 7.41. The number of nitrogens with zero attached hydrogens (tertiary/aromatic N) is 1. The first-order chi connectivity index (χ1) is 10.1. The highest BCUT2D eigenvalue weighted by Gasteiger charge is 2.68. The highest BCUT2D eigenvalue weighted by molar-refractivity contribution is 5.89. The molecule has 0 N–H and O–H groups in total. The highest BCUT2D eigenvalue weighted by Crippen LogP contribution is 2.75. The summed E-state index contributed by atoms with van der Waals surface area (Å²) in [5, 5.41) is 0. The van der Waals surface area contributed by atoms with Crippen molar-refractivity contribution in [3.8, 4) is 0 Å². The van der Waals surface area contributed by atoms with Crippen molar-refractivity contribution in [3.63, 3.8) is 0 Å². The second-order valence-corrected chi connectivity index (χ2v) is 8.87. The van der Waals surface area contributed by atoms with Crippen molar-refractivity contribution in [2.75, 3.05) is 7.05 Å². The van der Waals surface area contributed by atoms with E-state index in [2.05, 4.69) is 13.0 Å². The zero-order valence-corrected chi connectivity index (χ0v) is 13.3. The van der Waals surface area contributed by atoms with Gasteiger partial charge in [0.25, 0.3) is 0 Å². The van der Waals surface area contributed by atoms with Crippen molar-refractivity contribution in [3.05, 3.63) is 12.2 Å². The van der Waals surface area contributed by atoms with Gasteiger partial charge in [-0.05, 0) is 80.1 Å². The van der Waals surface area contributed by atoms with Crippen LogP contribution in [0.1, 0.15) is 51.9 Å². The smallest absolute Gasteiger partial charge is 0.246 e. The van der Waals surface area contributed by atoms with Crippen molar-refractivity contribution >= 4 is 5.91 Å². The molecule has 1 spiro atoms. The largest absolute Gasteiger partial charge is 0.338 e. The first-order valence-corrected chi connectivity index (χ1v) is 9.02. The van der Waals surface area contributed by atoms with Crippen molar-refractivity contribution < 1.29 is 4.79 Å². The summed E-state index contributed by atoms with van der Waals surface area (Å²) >= 11 is 0. The molecule has 0 radical (unpaired) electrons. The first kappa shape index (κ1) is 12.7. The fourth-order valence-electron chi connectivity index (χ4n) is 7.41. The summed E-state index contributed by atoms with van der Waals surface area (Å²) in [7, 11) is 2.02. The van der Waals surface area contributed by atoms with Crippen LogP contribution in [-0.2, 0) is 4.79 Å². The molecule has 2 nitrogen and oxygen atoms in total. The molecule has 1 heterocycles. The molecule has 1 amide bonds. The molecule has 2 heteroatoms. The predicted octanol–water partition coefficient (Wildman–Crippen LogP) is 3.63. The third kappa shape index (κ3) is 1.38. The second kappa shape index (κ2) is 3.75. The lowest BCUT2D eigenvalue weighted by molar-refractivity contribution is -0.136. The van der Waals surface area contributed by atoms with E-state index in [9.17, 15) is 4.79 Å². The number of carbonyl (C=O) groups excluding carboxylic acids is 1. The lowest BCUT2D eigenvalue weighted by Gasteiger charge is -2.58. The lowest BCUT2D eigenvalue weighted by Crippen LogP contribution is -2.58. The number of likely N-dealkylation sites (N-methyl/N-ethyl adjacent to an activating group) is 1. The standard InChI is InChI=1S/C19H27NO/c1-18-9-8-17(21)20(2)16(18)6-4-13-14(18)7-10-19-11-12(19)3-5-15(13)19/h8-9,12-16H,3-7,10-11H2,1-2H3/t12?,13-,14?,15?,16?,18-,19+/m1/s1. The summed E-state index contributed by atoms with van der Waals surface area (Å²) in [5.74, 6) is 4.10. The summed E-state index contributed by atoms with van der Waals surface area (Å²) in [5.41, 5.74) is 1.03. The van der Waals surface area contributed by atoms with E-state index in [0.29, 0.717) is 6.04 Å². The van der Waals surface area contributed by atoms with E-state index in [0.717, 1.165) is 29.1 Å². The van der Waals surface area contributed by atoms with E-state index in [-0.39, 0.29) is 11.3 Å². The summed E-state index contributed by atoms with van der Waals surface area (Å²) in [6, 6.07) is 0.446. The van der Waals surface area contributed by atoms with Crippen LogP contribution in [0.25, 0.3) is 0 Å². The average Bonchev–Trinajstić information content (AvgIpc) is 3.05. The van der Waals surface area contributed by atoms with E-state index in [1.54, 1.807) is 6.42 Å². The fraction of sp³-hybridized carbons (Fsp3) is 0.842. The molecule has 114 valence electrons. The molecule has 0 aromatic rings. The van der Waals surface area contributed by atoms with Gasteiger partial charge >= 0.3 is 0 Å². The van der Waals surface area contributed by atoms with E-state index in [1.807, 2.05) is 18.0 Å². The van der Waals surface area contributed by atoms with Crippen molar-refractivity contribution in [2.45, 2.75) is 57.9 Å². The molecule has 0 aromatic carbocycles. The molecule has 5 aliphatic rings. The van der Waals surface area contributed by atoms with E-state index >= 15 is 0 Å². The predicted molar refractivity (Wildman–Crippen MR) is 82.5 cm³/mol. The topological polar surface area (TPSA) is 20.3 Å². The second-order valence-electron chi connectivity index (χ2n) is 8.87. The number of carbonyl (C=O) groups is 1. The molecule has 0 aromatic heterocycles. The van der Waals surface area contributed by atoms with Crippen LogP contribution >= 0.6 is 0 Å². The molecule has 1 aliphatic heterocycles. The molecule has 7 atom stereocenters. The molecule has 4 saturated carbocycles. The average molecular weight is 285 g/mol. The van der Waals surface area contributed by atoms with Crippen LogP contribution in [0.3, 0.4) is 0 Å². The van der Waals surface area contributed by atoms with E-state index in [4.69, 9.17) is 0 Å². The molecule has 4 fully saturated rings. The number of hydrogen-bond acceptors (Lipinski definition) is 1. The third-order valence-corrected chi connectivity index (χ3v) is 8.49. The summed E-state index contributed by atoms with van der Waals surface area (Å²) in [6.07, 6.45) is 14.2. The maximum atomic E-state index is 12.0. The minimum Gasteiger partial charge on any atom is -0.338 e. The maximum Gasteiger partial charge on any atom is 0.246 e. The minimum absolute atomic E-state index is 0.214. The lowest BCUT2D eigenvalue weighted by atomic mass is 9.50. The Morgan fingerprint density at radius 3 is 2.81 bits per heavy atom. The number of hydrogen-bond donors (Lipinski definition) is 0. The third-order valence-electron chi connectivity index (χ3n) is 8.49. The molecule has 5 rings (SSSR count). The van der Waals surface area contributed by atoms with Crippen molar-refractivity contribution in [2.24, 2.45) is 34.5 Å². The summed E-state index contributed by atoms with van der Waals surface area (Å²) in [4.78, 5) is 14.1. The van der Waals surface area contributed by atoms with E-state index in [1.165, 1.54) is 38.5 Å². The maximum absolute atomic E-state index is 12.0. The van der Waals surface area contributed by atoms with Gasteiger partial charge < -0.3 is 4.90 Å². The Morgan fingerprint density at radius 1 is 1.14 bits per heavy atom. The Morgan fingerprint density at radius 2 is 2.00 bits per heavy atom. The van der Waals surface area contributed by atoms with Gasteiger partial charge in [0.05, 0.1) is 0 Å². The Bertz CT molecular complexity index is 540. The van der Waals surface area contributed by atoms with Crippen LogP contribution in [0.2, 0.25) is 0 Å². The van der Waals surface area contributed by atoms with Gasteiger partial charge in [-0.3, -0.25) is 4.79 Å². The van der Waals surface area contributed by atoms with Crippen LogP contribution in [-0.4, -0.2) is 23.9 Å². The number of rotatable bonds is 0. The normalized spacial score (nSPS) is 57.3. The van der Waals surface area contributed by atoms with Gasteiger partial charge in [-0.1, -0.05) is 13.0 Å². The van der Waals surface area contributed by atoms with Gasteiger partial charge in [0, 0.05) is 18.5 Å². The van der Waals surface area contributed by atoms with Gasteiger partial charge in [-0.15, -0.1) is 0 Å². The molecule has 4 aliphatic carbocycles. The molecule has 0 saturated heterocycles. The Labute approximate surface area is 128 Å². The highest BCUT2D eigenvalue weighted by atomic mass is 16.2. The van der Waals surface area contributed by atoms with Crippen LogP contribution in [0.4, 0.5) is 0 Å². The molecule has 0 bridgehead atoms. The minimum atomic E-state index is 0.214. The Kier molecular flexibility index (Phi) is 2.27. The van der Waals surface area contributed by atoms with Crippen molar-refractivity contribution in [1.82, 2.24) is 4.90 Å². The number of fused-ring (bicyclic) bond motifs is 4.